The van der Waals surface area contributed by atoms with Crippen LogP contribution in [0.2, 0.25) is 0 Å². The second-order valence-electron chi connectivity index (χ2n) is 13.8. The number of carbonyl (C=O) groups excluding carboxylic acids is 3. The highest BCUT2D eigenvalue weighted by Gasteiger charge is 2.25. The Balaban J connectivity index is 4.12. The van der Waals surface area contributed by atoms with Crippen LogP contribution in [0.1, 0.15) is 162 Å². The van der Waals surface area contributed by atoms with Gasteiger partial charge in [-0.1, -0.05) is 116 Å². The SMILES string of the molecule is CCCCCCCC/C=C\CCCCCCCCCCCC(=O)OC(COCCC(C(=O)[O-])[N+](C)(C)C)COC(=O)CCCCC. The van der Waals surface area contributed by atoms with Crippen molar-refractivity contribution in [3.8, 4) is 0 Å². The molecule has 0 aliphatic heterocycles. The second kappa shape index (κ2) is 30.4. The highest BCUT2D eigenvalue weighted by molar-refractivity contribution is 5.70. The van der Waals surface area contributed by atoms with E-state index in [9.17, 15) is 19.5 Å². The molecule has 0 saturated heterocycles. The summed E-state index contributed by atoms with van der Waals surface area (Å²) < 4.78 is 16.9. The fourth-order valence-corrected chi connectivity index (χ4v) is 5.42. The Bertz CT molecular complexity index is 778. The molecule has 46 heavy (non-hydrogen) atoms. The van der Waals surface area contributed by atoms with Crippen molar-refractivity contribution in [1.29, 1.82) is 0 Å². The monoisotopic (exact) mass is 654 g/mol. The molecule has 0 aliphatic rings. The van der Waals surface area contributed by atoms with Crippen molar-refractivity contribution >= 4 is 17.9 Å². The third-order valence-corrected chi connectivity index (χ3v) is 8.40. The molecule has 0 radical (unpaired) electrons. The number of carboxylic acids is 1. The van der Waals surface area contributed by atoms with E-state index in [0.29, 0.717) is 12.8 Å². The van der Waals surface area contributed by atoms with Gasteiger partial charge in [0.2, 0.25) is 0 Å². The first-order chi connectivity index (χ1) is 22.1. The van der Waals surface area contributed by atoms with Gasteiger partial charge in [-0.15, -0.1) is 0 Å². The van der Waals surface area contributed by atoms with Crippen LogP contribution in [0, 0.1) is 0 Å². The van der Waals surface area contributed by atoms with Crippen LogP contribution >= 0.6 is 0 Å². The van der Waals surface area contributed by atoms with Gasteiger partial charge in [-0.05, 0) is 38.5 Å². The fraction of sp³-hybridized carbons (Fsp3) is 0.868. The first kappa shape index (κ1) is 44.1. The van der Waals surface area contributed by atoms with Gasteiger partial charge < -0.3 is 28.6 Å². The van der Waals surface area contributed by atoms with Crippen LogP contribution < -0.4 is 5.11 Å². The molecule has 0 N–H and O–H groups in total. The predicted molar refractivity (Wildman–Crippen MR) is 185 cm³/mol. The van der Waals surface area contributed by atoms with Gasteiger partial charge in [0.05, 0.1) is 40.3 Å². The topological polar surface area (TPSA) is 102 Å². The lowest BCUT2D eigenvalue weighted by atomic mass is 10.1. The molecule has 0 saturated carbocycles. The third kappa shape index (κ3) is 28.3. The van der Waals surface area contributed by atoms with Gasteiger partial charge in [-0.25, -0.2) is 0 Å². The lowest BCUT2D eigenvalue weighted by molar-refractivity contribution is -0.889. The lowest BCUT2D eigenvalue weighted by Crippen LogP contribution is -2.55. The first-order valence-corrected chi connectivity index (χ1v) is 18.7. The van der Waals surface area contributed by atoms with Crippen molar-refractivity contribution in [3.63, 3.8) is 0 Å². The number of nitrogens with zero attached hydrogens (tertiary/aromatic N) is 1. The summed E-state index contributed by atoms with van der Waals surface area (Å²) in [5, 5.41) is 11.5. The Morgan fingerprint density at radius 1 is 0.630 bits per heavy atom. The molecule has 0 amide bonds. The van der Waals surface area contributed by atoms with Crippen molar-refractivity contribution < 1.29 is 38.2 Å². The van der Waals surface area contributed by atoms with E-state index in [0.717, 1.165) is 38.5 Å². The van der Waals surface area contributed by atoms with Crippen LogP contribution in [0.3, 0.4) is 0 Å². The van der Waals surface area contributed by atoms with Gasteiger partial charge in [-0.3, -0.25) is 9.59 Å². The van der Waals surface area contributed by atoms with Gasteiger partial charge in [0.25, 0.3) is 0 Å². The van der Waals surface area contributed by atoms with Gasteiger partial charge in [0.15, 0.2) is 6.10 Å². The number of rotatable bonds is 33. The summed E-state index contributed by atoms with van der Waals surface area (Å²) in [7, 11) is 5.38. The lowest BCUT2D eigenvalue weighted by Gasteiger charge is -2.34. The van der Waals surface area contributed by atoms with E-state index in [2.05, 4.69) is 26.0 Å². The number of likely N-dealkylation sites (N-methyl/N-ethyl adjacent to an activating group) is 1. The van der Waals surface area contributed by atoms with Crippen molar-refractivity contribution in [3.05, 3.63) is 12.2 Å². The fourth-order valence-electron chi connectivity index (χ4n) is 5.42. The maximum atomic E-state index is 12.5. The summed E-state index contributed by atoms with van der Waals surface area (Å²) in [5.74, 6) is -1.76. The molecule has 0 heterocycles. The van der Waals surface area contributed by atoms with E-state index in [4.69, 9.17) is 14.2 Å². The van der Waals surface area contributed by atoms with E-state index in [1.807, 2.05) is 0 Å². The highest BCUT2D eigenvalue weighted by atomic mass is 16.6. The maximum Gasteiger partial charge on any atom is 0.306 e. The number of quaternary nitrogens is 1. The summed E-state index contributed by atoms with van der Waals surface area (Å²) in [6.45, 7) is 4.48. The summed E-state index contributed by atoms with van der Waals surface area (Å²) in [6.07, 6.45) is 28.8. The van der Waals surface area contributed by atoms with E-state index >= 15 is 0 Å². The molecular weight excluding hydrogens is 582 g/mol. The quantitative estimate of drug-likeness (QED) is 0.0308. The van der Waals surface area contributed by atoms with Gasteiger partial charge >= 0.3 is 11.9 Å². The minimum Gasteiger partial charge on any atom is -0.544 e. The molecule has 8 nitrogen and oxygen atoms in total. The summed E-state index contributed by atoms with van der Waals surface area (Å²) in [4.78, 5) is 36.1. The van der Waals surface area contributed by atoms with Crippen LogP contribution in [0.25, 0.3) is 0 Å². The van der Waals surface area contributed by atoms with E-state index in [1.165, 1.54) is 89.9 Å². The maximum absolute atomic E-state index is 12.5. The number of unbranched alkanes of at least 4 members (excludes halogenated alkanes) is 17. The number of hydrogen-bond acceptors (Lipinski definition) is 7. The zero-order valence-corrected chi connectivity index (χ0v) is 30.5. The largest absolute Gasteiger partial charge is 0.544 e. The van der Waals surface area contributed by atoms with E-state index < -0.39 is 18.1 Å². The minimum absolute atomic E-state index is 0.0420. The molecule has 0 aliphatic carbocycles. The normalized spacial score (nSPS) is 13.2. The molecule has 0 aromatic heterocycles. The summed E-state index contributed by atoms with van der Waals surface area (Å²) in [5.41, 5.74) is 0. The first-order valence-electron chi connectivity index (χ1n) is 18.7. The Morgan fingerprint density at radius 3 is 1.61 bits per heavy atom. The van der Waals surface area contributed by atoms with Crippen molar-refractivity contribution in [2.75, 3.05) is 41.0 Å². The Labute approximate surface area is 282 Å². The number of esters is 2. The van der Waals surface area contributed by atoms with Gasteiger partial charge in [0.1, 0.15) is 12.6 Å². The van der Waals surface area contributed by atoms with Gasteiger partial charge in [-0.2, -0.15) is 0 Å². The molecule has 0 rings (SSSR count). The summed E-state index contributed by atoms with van der Waals surface area (Å²) in [6, 6.07) is -0.718. The average molecular weight is 654 g/mol. The van der Waals surface area contributed by atoms with E-state index in [1.54, 1.807) is 21.1 Å². The van der Waals surface area contributed by atoms with Crippen LogP contribution in [0.5, 0.6) is 0 Å². The molecule has 270 valence electrons. The smallest absolute Gasteiger partial charge is 0.306 e. The number of carboxylic acid groups (broad SMARTS) is 1. The number of hydrogen-bond donors (Lipinski definition) is 0. The molecule has 0 fully saturated rings. The number of carbonyl (C=O) groups is 3. The van der Waals surface area contributed by atoms with Crippen molar-refractivity contribution in [2.24, 2.45) is 0 Å². The Kier molecular flexibility index (Phi) is 29.1. The minimum atomic E-state index is -1.13. The van der Waals surface area contributed by atoms with Crippen molar-refractivity contribution in [2.45, 2.75) is 174 Å². The van der Waals surface area contributed by atoms with Gasteiger partial charge in [0, 0.05) is 19.3 Å². The van der Waals surface area contributed by atoms with E-state index in [-0.39, 0.29) is 42.7 Å². The molecule has 0 bridgehead atoms. The van der Waals surface area contributed by atoms with Crippen molar-refractivity contribution in [1.82, 2.24) is 0 Å². The van der Waals surface area contributed by atoms with Crippen LogP contribution in [-0.4, -0.2) is 75.5 Å². The summed E-state index contributed by atoms with van der Waals surface area (Å²) >= 11 is 0. The molecule has 0 aromatic carbocycles. The Hall–Kier alpha value is -1.93. The molecule has 2 unspecified atom stereocenters. The molecule has 2 atom stereocenters. The number of allylic oxidation sites excluding steroid dienone is 2. The molecule has 0 spiro atoms. The predicted octanol–water partition coefficient (Wildman–Crippen LogP) is 7.85. The zero-order chi connectivity index (χ0) is 34.3. The average Bonchev–Trinajstić information content (AvgIpc) is 3.00. The third-order valence-electron chi connectivity index (χ3n) is 8.40. The Morgan fingerprint density at radius 2 is 1.09 bits per heavy atom. The second-order valence-corrected chi connectivity index (χ2v) is 13.8. The van der Waals surface area contributed by atoms with Crippen LogP contribution in [0.4, 0.5) is 0 Å². The zero-order valence-electron chi connectivity index (χ0n) is 30.5. The van der Waals surface area contributed by atoms with Crippen LogP contribution in [0.15, 0.2) is 12.2 Å². The standard InChI is InChI=1S/C38H71NO7/c1-6-8-10-11-12-13-14-15-16-17-18-19-20-21-22-23-24-25-27-29-37(41)46-34(33-45-36(40)28-26-9-7-2)32-44-31-30-35(38(42)43)39(3,4)5/h15-16,34-35H,6-14,17-33H2,1-5H3/b16-15-. The number of aliphatic carboxylic acids is 1. The highest BCUT2D eigenvalue weighted by Crippen LogP contribution is 2.14. The molecule has 0 aromatic rings. The molecular formula is C38H71NO7. The number of ether oxygens (including phenoxy) is 3. The van der Waals surface area contributed by atoms with Crippen LogP contribution in [-0.2, 0) is 28.6 Å². The molecule has 8 heteroatoms.